The van der Waals surface area contributed by atoms with Crippen molar-refractivity contribution in [3.63, 3.8) is 0 Å². The molecule has 0 bridgehead atoms. The fraction of sp³-hybridized carbons (Fsp3) is 0.0952. The zero-order valence-corrected chi connectivity index (χ0v) is 16.9. The Kier molecular flexibility index (Phi) is 5.13. The van der Waals surface area contributed by atoms with E-state index in [1.165, 1.54) is 34.6 Å². The quantitative estimate of drug-likeness (QED) is 0.636. The Morgan fingerprint density at radius 3 is 2.37 bits per heavy atom. The zero-order valence-electron chi connectivity index (χ0n) is 15.3. The first-order chi connectivity index (χ1) is 14.3. The first-order valence-corrected chi connectivity index (χ1v) is 10.6. The molecule has 1 aliphatic rings. The number of fused-ring (bicyclic) bond motifs is 1. The van der Waals surface area contributed by atoms with Crippen LogP contribution in [0.2, 0.25) is 5.02 Å². The number of anilines is 1. The summed E-state index contributed by atoms with van der Waals surface area (Å²) in [6.07, 6.45) is 0. The molecule has 1 aliphatic heterocycles. The van der Waals surface area contributed by atoms with Crippen LogP contribution in [0.25, 0.3) is 0 Å². The third-order valence-electron chi connectivity index (χ3n) is 4.75. The highest BCUT2D eigenvalue weighted by atomic mass is 35.5. The molecule has 0 saturated carbocycles. The van der Waals surface area contributed by atoms with Crippen LogP contribution in [0.4, 0.5) is 10.1 Å². The van der Waals surface area contributed by atoms with Crippen LogP contribution in [0.15, 0.2) is 71.6 Å². The Balaban J connectivity index is 1.89. The number of hydrogen-bond donors (Lipinski definition) is 1. The van der Waals surface area contributed by atoms with Crippen molar-refractivity contribution >= 4 is 33.3 Å². The molecule has 6 nitrogen and oxygen atoms in total. The molecule has 0 saturated heterocycles. The zero-order chi connectivity index (χ0) is 21.5. The molecule has 0 aromatic heterocycles. The standard InChI is InChI=1S/C21H15ClFNO5S/c22-15-4-1-13(2-5-15)19-12-29-20-11-14(21(25)26)3-10-18(20)24(19)30(27,28)17-8-6-16(23)7-9-17/h1-11,19H,12H2,(H,25,26). The van der Waals surface area contributed by atoms with Crippen LogP contribution < -0.4 is 9.04 Å². The second kappa shape index (κ2) is 7.62. The summed E-state index contributed by atoms with van der Waals surface area (Å²) in [6, 6.07) is 14.4. The smallest absolute Gasteiger partial charge is 0.335 e. The van der Waals surface area contributed by atoms with E-state index in [-0.39, 0.29) is 28.5 Å². The Labute approximate surface area is 177 Å². The molecule has 154 valence electrons. The molecule has 30 heavy (non-hydrogen) atoms. The minimum absolute atomic E-state index is 0.0298. The van der Waals surface area contributed by atoms with Crippen LogP contribution in [0.5, 0.6) is 5.75 Å². The molecule has 1 heterocycles. The lowest BCUT2D eigenvalue weighted by Crippen LogP contribution is -2.41. The molecular weight excluding hydrogens is 433 g/mol. The molecule has 0 fully saturated rings. The van der Waals surface area contributed by atoms with Crippen LogP contribution in [0, 0.1) is 5.82 Å². The Hall–Kier alpha value is -3.10. The number of benzene rings is 3. The van der Waals surface area contributed by atoms with Crippen LogP contribution in [-0.2, 0) is 10.0 Å². The van der Waals surface area contributed by atoms with Gasteiger partial charge in [-0.15, -0.1) is 0 Å². The molecule has 3 aromatic carbocycles. The molecule has 0 aliphatic carbocycles. The molecule has 1 N–H and O–H groups in total. The van der Waals surface area contributed by atoms with Gasteiger partial charge in [0.05, 0.1) is 16.1 Å². The topological polar surface area (TPSA) is 83.9 Å². The highest BCUT2D eigenvalue weighted by Gasteiger charge is 2.38. The maximum absolute atomic E-state index is 13.5. The van der Waals surface area contributed by atoms with Gasteiger partial charge in [-0.05, 0) is 60.2 Å². The van der Waals surface area contributed by atoms with E-state index in [0.717, 1.165) is 12.1 Å². The van der Waals surface area contributed by atoms with Crippen molar-refractivity contribution in [3.8, 4) is 5.75 Å². The maximum atomic E-state index is 13.5. The molecule has 4 rings (SSSR count). The van der Waals surface area contributed by atoms with Gasteiger partial charge < -0.3 is 9.84 Å². The predicted molar refractivity (Wildman–Crippen MR) is 109 cm³/mol. The Bertz CT molecular complexity index is 1210. The van der Waals surface area contributed by atoms with Gasteiger partial charge in [0.15, 0.2) is 0 Å². The van der Waals surface area contributed by atoms with E-state index in [2.05, 4.69) is 0 Å². The van der Waals surface area contributed by atoms with Gasteiger partial charge in [-0.2, -0.15) is 0 Å². The van der Waals surface area contributed by atoms with Crippen LogP contribution in [0.1, 0.15) is 22.0 Å². The third kappa shape index (κ3) is 3.59. The Morgan fingerprint density at radius 1 is 1.07 bits per heavy atom. The van der Waals surface area contributed by atoms with Crippen molar-refractivity contribution in [3.05, 3.63) is 88.7 Å². The molecule has 9 heteroatoms. The minimum Gasteiger partial charge on any atom is -0.489 e. The summed E-state index contributed by atoms with van der Waals surface area (Å²) in [6.45, 7) is -0.0435. The molecule has 1 unspecified atom stereocenters. The molecule has 0 amide bonds. The van der Waals surface area contributed by atoms with Crippen LogP contribution in [-0.4, -0.2) is 26.1 Å². The van der Waals surface area contributed by atoms with E-state index in [0.29, 0.717) is 10.6 Å². The SMILES string of the molecule is O=C(O)c1ccc2c(c1)OCC(c1ccc(Cl)cc1)N2S(=O)(=O)c1ccc(F)cc1. The second-order valence-electron chi connectivity index (χ2n) is 6.62. The van der Waals surface area contributed by atoms with Gasteiger partial charge in [0.1, 0.15) is 24.2 Å². The highest BCUT2D eigenvalue weighted by Crippen LogP contribution is 2.43. The number of carbonyl (C=O) groups is 1. The van der Waals surface area contributed by atoms with Crippen molar-refractivity contribution in [2.75, 3.05) is 10.9 Å². The summed E-state index contributed by atoms with van der Waals surface area (Å²) in [5.74, 6) is -1.59. The fourth-order valence-electron chi connectivity index (χ4n) is 3.28. The average molecular weight is 448 g/mol. The number of nitrogens with zero attached hydrogens (tertiary/aromatic N) is 1. The molecule has 1 atom stereocenters. The Morgan fingerprint density at radius 2 is 1.73 bits per heavy atom. The molecule has 0 spiro atoms. The van der Waals surface area contributed by atoms with Gasteiger partial charge in [-0.3, -0.25) is 4.31 Å². The summed E-state index contributed by atoms with van der Waals surface area (Å²) in [4.78, 5) is 11.2. The molecule has 3 aromatic rings. The van der Waals surface area contributed by atoms with Gasteiger partial charge in [0, 0.05) is 5.02 Å². The van der Waals surface area contributed by atoms with E-state index in [1.54, 1.807) is 24.3 Å². The van der Waals surface area contributed by atoms with Crippen molar-refractivity contribution < 1.29 is 27.4 Å². The van der Waals surface area contributed by atoms with Crippen LogP contribution >= 0.6 is 11.6 Å². The summed E-state index contributed by atoms with van der Waals surface area (Å²) in [5, 5.41) is 9.73. The number of hydrogen-bond acceptors (Lipinski definition) is 4. The summed E-state index contributed by atoms with van der Waals surface area (Å²) < 4.78 is 47.3. The lowest BCUT2D eigenvalue weighted by molar-refractivity contribution is 0.0696. The number of aromatic carboxylic acids is 1. The fourth-order valence-corrected chi connectivity index (χ4v) is 5.04. The summed E-state index contributed by atoms with van der Waals surface area (Å²) >= 11 is 5.96. The number of halogens is 2. The van der Waals surface area contributed by atoms with Crippen molar-refractivity contribution in [2.45, 2.75) is 10.9 Å². The monoisotopic (exact) mass is 447 g/mol. The summed E-state index contributed by atoms with van der Waals surface area (Å²) in [7, 11) is -4.13. The molecular formula is C21H15ClFNO5S. The maximum Gasteiger partial charge on any atom is 0.335 e. The third-order valence-corrected chi connectivity index (χ3v) is 6.84. The molecule has 0 radical (unpaired) electrons. The predicted octanol–water partition coefficient (Wildman–Crippen LogP) is 4.51. The lowest BCUT2D eigenvalue weighted by atomic mass is 10.0. The van der Waals surface area contributed by atoms with Crippen molar-refractivity contribution in [2.24, 2.45) is 0 Å². The van der Waals surface area contributed by atoms with E-state index < -0.39 is 27.9 Å². The van der Waals surface area contributed by atoms with Gasteiger partial charge in [-0.1, -0.05) is 23.7 Å². The van der Waals surface area contributed by atoms with E-state index in [9.17, 15) is 22.7 Å². The van der Waals surface area contributed by atoms with E-state index in [4.69, 9.17) is 16.3 Å². The van der Waals surface area contributed by atoms with Gasteiger partial charge in [-0.25, -0.2) is 17.6 Å². The summed E-state index contributed by atoms with van der Waals surface area (Å²) in [5.41, 5.74) is 0.798. The van der Waals surface area contributed by atoms with Gasteiger partial charge >= 0.3 is 5.97 Å². The lowest BCUT2D eigenvalue weighted by Gasteiger charge is -2.38. The number of rotatable bonds is 4. The van der Waals surface area contributed by atoms with Crippen LogP contribution in [0.3, 0.4) is 0 Å². The minimum atomic E-state index is -4.13. The first kappa shape index (κ1) is 20.2. The second-order valence-corrected chi connectivity index (χ2v) is 8.87. The van der Waals surface area contributed by atoms with Gasteiger partial charge in [0.2, 0.25) is 0 Å². The number of carboxylic acid groups (broad SMARTS) is 1. The first-order valence-electron chi connectivity index (χ1n) is 8.83. The van der Waals surface area contributed by atoms with Gasteiger partial charge in [0.25, 0.3) is 10.0 Å². The number of sulfonamides is 1. The number of carboxylic acids is 1. The highest BCUT2D eigenvalue weighted by molar-refractivity contribution is 7.92. The normalized spacial score (nSPS) is 15.9. The number of ether oxygens (including phenoxy) is 1. The van der Waals surface area contributed by atoms with E-state index in [1.807, 2.05) is 0 Å². The van der Waals surface area contributed by atoms with E-state index >= 15 is 0 Å². The largest absolute Gasteiger partial charge is 0.489 e. The van der Waals surface area contributed by atoms with Crippen molar-refractivity contribution in [1.82, 2.24) is 0 Å². The van der Waals surface area contributed by atoms with Crippen molar-refractivity contribution in [1.29, 1.82) is 0 Å². The average Bonchev–Trinajstić information content (AvgIpc) is 2.73.